The lowest BCUT2D eigenvalue weighted by Crippen LogP contribution is -2.43. The number of fused-ring (bicyclic) bond motifs is 2. The van der Waals surface area contributed by atoms with Gasteiger partial charge in [-0.15, -0.1) is 0 Å². The summed E-state index contributed by atoms with van der Waals surface area (Å²) in [5.41, 5.74) is 2.01. The molecule has 3 aliphatic rings. The lowest BCUT2D eigenvalue weighted by molar-refractivity contribution is -0.119. The van der Waals surface area contributed by atoms with E-state index in [1.165, 1.54) is 12.8 Å². The standard InChI is InChI=1S/C27H33N3O3/c1-30-22-12-13-23(30)17-25(16-22)33-24-14-10-21(11-15-24)29-27(32)19-6-8-20(9-7-19)28-26(31)18-4-2-3-5-18/h6-11,14-15,18,22-23,25H,2-5,12-13,16-17H2,1H3,(H,28,31)(H,29,32)/t22-,23+,25?. The highest BCUT2D eigenvalue weighted by molar-refractivity contribution is 6.04. The maximum Gasteiger partial charge on any atom is 0.255 e. The van der Waals surface area contributed by atoms with Crippen molar-refractivity contribution in [2.45, 2.75) is 69.6 Å². The number of benzene rings is 2. The predicted octanol–water partition coefficient (Wildman–Crippen LogP) is 5.07. The molecule has 2 aromatic rings. The summed E-state index contributed by atoms with van der Waals surface area (Å²) < 4.78 is 6.24. The molecule has 0 radical (unpaired) electrons. The second-order valence-corrected chi connectivity index (χ2v) is 9.79. The van der Waals surface area contributed by atoms with E-state index in [9.17, 15) is 9.59 Å². The molecule has 1 unspecified atom stereocenters. The van der Waals surface area contributed by atoms with E-state index in [-0.39, 0.29) is 23.8 Å². The first-order chi connectivity index (χ1) is 16.0. The van der Waals surface area contributed by atoms with Gasteiger partial charge < -0.3 is 20.3 Å². The molecule has 6 nitrogen and oxygen atoms in total. The molecular weight excluding hydrogens is 414 g/mol. The van der Waals surface area contributed by atoms with Crippen LogP contribution in [0.5, 0.6) is 5.75 Å². The van der Waals surface area contributed by atoms with Crippen molar-refractivity contribution in [3.63, 3.8) is 0 Å². The molecule has 6 heteroatoms. The normalized spacial score (nSPS) is 25.1. The lowest BCUT2D eigenvalue weighted by Gasteiger charge is -2.36. The quantitative estimate of drug-likeness (QED) is 0.649. The fourth-order valence-electron chi connectivity index (χ4n) is 5.61. The van der Waals surface area contributed by atoms with Crippen molar-refractivity contribution in [3.8, 4) is 5.75 Å². The zero-order valence-corrected chi connectivity index (χ0v) is 19.3. The summed E-state index contributed by atoms with van der Waals surface area (Å²) in [6, 6.07) is 16.0. The monoisotopic (exact) mass is 447 g/mol. The van der Waals surface area contributed by atoms with E-state index < -0.39 is 0 Å². The number of carbonyl (C=O) groups excluding carboxylic acids is 2. The Hall–Kier alpha value is -2.86. The van der Waals surface area contributed by atoms with Crippen molar-refractivity contribution >= 4 is 23.2 Å². The minimum absolute atomic E-state index is 0.0832. The van der Waals surface area contributed by atoms with Gasteiger partial charge in [0.25, 0.3) is 5.91 Å². The predicted molar refractivity (Wildman–Crippen MR) is 130 cm³/mol. The highest BCUT2D eigenvalue weighted by Crippen LogP contribution is 2.36. The van der Waals surface area contributed by atoms with Crippen LogP contribution in [0.25, 0.3) is 0 Å². The van der Waals surface area contributed by atoms with E-state index in [2.05, 4.69) is 22.6 Å². The molecule has 1 saturated carbocycles. The zero-order valence-electron chi connectivity index (χ0n) is 19.3. The molecule has 2 aromatic carbocycles. The Bertz CT molecular complexity index is 969. The maximum atomic E-state index is 12.6. The highest BCUT2D eigenvalue weighted by Gasteiger charge is 2.39. The van der Waals surface area contributed by atoms with Crippen molar-refractivity contribution in [2.24, 2.45) is 5.92 Å². The molecular formula is C27H33N3O3. The first-order valence-electron chi connectivity index (χ1n) is 12.3. The van der Waals surface area contributed by atoms with Crippen LogP contribution in [-0.4, -0.2) is 41.9 Å². The smallest absolute Gasteiger partial charge is 0.255 e. The second-order valence-electron chi connectivity index (χ2n) is 9.79. The van der Waals surface area contributed by atoms with Gasteiger partial charge in [-0.1, -0.05) is 12.8 Å². The van der Waals surface area contributed by atoms with E-state index in [1.54, 1.807) is 24.3 Å². The number of anilines is 2. The van der Waals surface area contributed by atoms with E-state index in [4.69, 9.17) is 4.74 Å². The average molecular weight is 448 g/mol. The van der Waals surface area contributed by atoms with Crippen LogP contribution < -0.4 is 15.4 Å². The van der Waals surface area contributed by atoms with Crippen LogP contribution in [0.2, 0.25) is 0 Å². The summed E-state index contributed by atoms with van der Waals surface area (Å²) in [5.74, 6) is 0.878. The van der Waals surface area contributed by atoms with Gasteiger partial charge in [-0.25, -0.2) is 0 Å². The fourth-order valence-corrected chi connectivity index (χ4v) is 5.61. The number of ether oxygens (including phenoxy) is 1. The van der Waals surface area contributed by atoms with Gasteiger partial charge in [-0.3, -0.25) is 9.59 Å². The molecule has 5 rings (SSSR count). The highest BCUT2D eigenvalue weighted by atomic mass is 16.5. The van der Waals surface area contributed by atoms with Crippen LogP contribution >= 0.6 is 0 Å². The van der Waals surface area contributed by atoms with Crippen molar-refractivity contribution in [2.75, 3.05) is 17.7 Å². The molecule has 33 heavy (non-hydrogen) atoms. The Morgan fingerprint density at radius 2 is 1.39 bits per heavy atom. The Morgan fingerprint density at radius 3 is 2.03 bits per heavy atom. The van der Waals surface area contributed by atoms with Crippen LogP contribution in [-0.2, 0) is 4.79 Å². The van der Waals surface area contributed by atoms with Crippen LogP contribution in [0, 0.1) is 5.92 Å². The minimum atomic E-state index is -0.177. The van der Waals surface area contributed by atoms with Gasteiger partial charge in [-0.05, 0) is 94.1 Å². The molecule has 2 N–H and O–H groups in total. The van der Waals surface area contributed by atoms with Crippen LogP contribution in [0.1, 0.15) is 61.7 Å². The van der Waals surface area contributed by atoms with Crippen LogP contribution in [0.4, 0.5) is 11.4 Å². The summed E-state index contributed by atoms with van der Waals surface area (Å²) >= 11 is 0. The van der Waals surface area contributed by atoms with E-state index >= 15 is 0 Å². The van der Waals surface area contributed by atoms with E-state index in [1.807, 2.05) is 24.3 Å². The van der Waals surface area contributed by atoms with Crippen LogP contribution in [0.3, 0.4) is 0 Å². The first-order valence-corrected chi connectivity index (χ1v) is 12.3. The number of nitrogens with one attached hydrogen (secondary N) is 2. The van der Waals surface area contributed by atoms with E-state index in [0.29, 0.717) is 17.6 Å². The van der Waals surface area contributed by atoms with Crippen molar-refractivity contribution in [1.82, 2.24) is 4.90 Å². The maximum absolute atomic E-state index is 12.6. The Balaban J connectivity index is 1.13. The molecule has 174 valence electrons. The van der Waals surface area contributed by atoms with Gasteiger partial charge >= 0.3 is 0 Å². The SMILES string of the molecule is CN1[C@@H]2CC[C@H]1CC(Oc1ccc(NC(=O)c3ccc(NC(=O)C4CCCC4)cc3)cc1)C2. The number of piperidine rings is 1. The first kappa shape index (κ1) is 22.0. The molecule has 1 aliphatic carbocycles. The number of nitrogens with zero attached hydrogens (tertiary/aromatic N) is 1. The van der Waals surface area contributed by atoms with Crippen molar-refractivity contribution in [1.29, 1.82) is 0 Å². The number of amides is 2. The number of rotatable bonds is 6. The van der Waals surface area contributed by atoms with E-state index in [0.717, 1.165) is 55.6 Å². The number of hydrogen-bond donors (Lipinski definition) is 2. The third kappa shape index (κ3) is 5.06. The molecule has 2 amide bonds. The largest absolute Gasteiger partial charge is 0.490 e. The van der Waals surface area contributed by atoms with Gasteiger partial charge in [0.15, 0.2) is 0 Å². The third-order valence-corrected chi connectivity index (χ3v) is 7.61. The molecule has 2 bridgehead atoms. The summed E-state index contributed by atoms with van der Waals surface area (Å²) in [4.78, 5) is 27.4. The molecule has 3 fully saturated rings. The number of hydrogen-bond acceptors (Lipinski definition) is 4. The van der Waals surface area contributed by atoms with Crippen LogP contribution in [0.15, 0.2) is 48.5 Å². The topological polar surface area (TPSA) is 70.7 Å². The van der Waals surface area contributed by atoms with Gasteiger partial charge in [0.1, 0.15) is 11.9 Å². The molecule has 0 aromatic heterocycles. The van der Waals surface area contributed by atoms with Crippen molar-refractivity contribution < 1.29 is 14.3 Å². The zero-order chi connectivity index (χ0) is 22.8. The van der Waals surface area contributed by atoms with Gasteiger partial charge in [0.2, 0.25) is 5.91 Å². The molecule has 2 saturated heterocycles. The molecule has 2 heterocycles. The summed E-state index contributed by atoms with van der Waals surface area (Å²) in [6.45, 7) is 0. The van der Waals surface area contributed by atoms with Gasteiger partial charge in [0, 0.05) is 34.9 Å². The Kier molecular flexibility index (Phi) is 6.36. The average Bonchev–Trinajstić information content (AvgIpc) is 3.42. The summed E-state index contributed by atoms with van der Waals surface area (Å²) in [7, 11) is 2.23. The molecule has 2 aliphatic heterocycles. The number of carbonyl (C=O) groups is 2. The summed E-state index contributed by atoms with van der Waals surface area (Å²) in [5, 5.41) is 5.90. The lowest BCUT2D eigenvalue weighted by atomic mass is 10.0. The second kappa shape index (κ2) is 9.56. The van der Waals surface area contributed by atoms with Gasteiger partial charge in [0.05, 0.1) is 0 Å². The third-order valence-electron chi connectivity index (χ3n) is 7.61. The Morgan fingerprint density at radius 1 is 0.818 bits per heavy atom. The van der Waals surface area contributed by atoms with Gasteiger partial charge in [-0.2, -0.15) is 0 Å². The fraction of sp³-hybridized carbons (Fsp3) is 0.481. The minimum Gasteiger partial charge on any atom is -0.490 e. The Labute approximate surface area is 195 Å². The molecule has 0 spiro atoms. The molecule has 3 atom stereocenters. The summed E-state index contributed by atoms with van der Waals surface area (Å²) in [6.07, 6.45) is 9.19. The van der Waals surface area contributed by atoms with Crippen molar-refractivity contribution in [3.05, 3.63) is 54.1 Å².